The van der Waals surface area contributed by atoms with Crippen molar-refractivity contribution in [1.82, 2.24) is 4.90 Å². The zero-order valence-corrected chi connectivity index (χ0v) is 12.8. The van der Waals surface area contributed by atoms with Crippen molar-refractivity contribution >= 4 is 23.6 Å². The fourth-order valence-electron chi connectivity index (χ4n) is 3.23. The molecule has 2 aliphatic heterocycles. The van der Waals surface area contributed by atoms with Crippen molar-refractivity contribution in [3.05, 3.63) is 35.4 Å². The molecule has 21 heavy (non-hydrogen) atoms. The maximum atomic E-state index is 12.8. The van der Waals surface area contributed by atoms with Crippen LogP contribution in [0, 0.1) is 11.8 Å². The molecule has 1 unspecified atom stereocenters. The molecule has 1 aromatic rings. The van der Waals surface area contributed by atoms with Gasteiger partial charge < -0.3 is 10.0 Å². The highest BCUT2D eigenvalue weighted by Crippen LogP contribution is 2.39. The lowest BCUT2D eigenvalue weighted by atomic mass is 9.99. The number of benzene rings is 1. The minimum atomic E-state index is -0.797. The van der Waals surface area contributed by atoms with Crippen LogP contribution in [-0.2, 0) is 16.0 Å². The maximum Gasteiger partial charge on any atom is 0.308 e. The van der Waals surface area contributed by atoms with Gasteiger partial charge >= 0.3 is 5.97 Å². The smallest absolute Gasteiger partial charge is 0.308 e. The van der Waals surface area contributed by atoms with Gasteiger partial charge in [-0.2, -0.15) is 0 Å². The molecule has 1 aromatic carbocycles. The second kappa shape index (κ2) is 5.72. The first-order valence-electron chi connectivity index (χ1n) is 7.29. The minimum Gasteiger partial charge on any atom is -0.481 e. The molecule has 2 heterocycles. The molecule has 1 amide bonds. The molecule has 0 spiro atoms. The van der Waals surface area contributed by atoms with E-state index in [2.05, 4.69) is 6.07 Å². The Kier molecular flexibility index (Phi) is 3.93. The van der Waals surface area contributed by atoms with Crippen molar-refractivity contribution in [2.45, 2.75) is 18.6 Å². The van der Waals surface area contributed by atoms with Gasteiger partial charge in [0, 0.05) is 13.1 Å². The van der Waals surface area contributed by atoms with Crippen molar-refractivity contribution in [2.24, 2.45) is 11.8 Å². The Bertz CT molecular complexity index is 574. The molecule has 4 nitrogen and oxygen atoms in total. The van der Waals surface area contributed by atoms with Crippen LogP contribution < -0.4 is 0 Å². The van der Waals surface area contributed by atoms with Crippen LogP contribution >= 0.6 is 11.8 Å². The molecule has 0 saturated carbocycles. The van der Waals surface area contributed by atoms with Crippen LogP contribution in [-0.4, -0.2) is 40.7 Å². The quantitative estimate of drug-likeness (QED) is 0.910. The molecule has 1 saturated heterocycles. The predicted octanol–water partition coefficient (Wildman–Crippen LogP) is 2.20. The number of fused-ring (bicyclic) bond motifs is 1. The number of amides is 1. The van der Waals surface area contributed by atoms with E-state index in [4.69, 9.17) is 0 Å². The van der Waals surface area contributed by atoms with Crippen molar-refractivity contribution in [3.8, 4) is 0 Å². The molecule has 3 atom stereocenters. The Labute approximate surface area is 128 Å². The molecule has 1 N–H and O–H groups in total. The topological polar surface area (TPSA) is 57.6 Å². The SMILES string of the molecule is C[C@@H]1CN(C(=O)C2SCCc3ccccc32)C[C@H]1C(=O)O. The van der Waals surface area contributed by atoms with E-state index in [9.17, 15) is 14.7 Å². The van der Waals surface area contributed by atoms with E-state index < -0.39 is 11.9 Å². The van der Waals surface area contributed by atoms with E-state index in [0.29, 0.717) is 13.1 Å². The van der Waals surface area contributed by atoms with Crippen molar-refractivity contribution in [2.75, 3.05) is 18.8 Å². The highest BCUT2D eigenvalue weighted by molar-refractivity contribution is 8.00. The molecular formula is C16H19NO3S. The molecule has 0 radical (unpaired) electrons. The van der Waals surface area contributed by atoms with Crippen LogP contribution in [0.4, 0.5) is 0 Å². The fourth-order valence-corrected chi connectivity index (χ4v) is 4.51. The zero-order chi connectivity index (χ0) is 15.0. The van der Waals surface area contributed by atoms with Crippen molar-refractivity contribution in [3.63, 3.8) is 0 Å². The van der Waals surface area contributed by atoms with Crippen LogP contribution in [0.3, 0.4) is 0 Å². The number of aryl methyl sites for hydroxylation is 1. The summed E-state index contributed by atoms with van der Waals surface area (Å²) in [6, 6.07) is 8.09. The average molecular weight is 305 g/mol. The Hall–Kier alpha value is -1.49. The number of hydrogen-bond acceptors (Lipinski definition) is 3. The van der Waals surface area contributed by atoms with Crippen LogP contribution in [0.1, 0.15) is 23.3 Å². The third-order valence-corrected chi connectivity index (χ3v) is 5.69. The number of likely N-dealkylation sites (tertiary alicyclic amines) is 1. The molecule has 3 rings (SSSR count). The molecule has 0 bridgehead atoms. The Balaban J connectivity index is 1.80. The van der Waals surface area contributed by atoms with Gasteiger partial charge in [-0.25, -0.2) is 0 Å². The highest BCUT2D eigenvalue weighted by atomic mass is 32.2. The Morgan fingerprint density at radius 3 is 2.76 bits per heavy atom. The number of carbonyl (C=O) groups is 2. The minimum absolute atomic E-state index is 0.0234. The number of aliphatic carboxylic acids is 1. The molecule has 0 aliphatic carbocycles. The first-order chi connectivity index (χ1) is 10.1. The molecule has 112 valence electrons. The summed E-state index contributed by atoms with van der Waals surface area (Å²) < 4.78 is 0. The van der Waals surface area contributed by atoms with Gasteiger partial charge in [-0.15, -0.1) is 11.8 Å². The van der Waals surface area contributed by atoms with Crippen LogP contribution in [0.2, 0.25) is 0 Å². The molecular weight excluding hydrogens is 286 g/mol. The number of carbonyl (C=O) groups excluding carboxylic acids is 1. The van der Waals surface area contributed by atoms with Crippen LogP contribution in [0.15, 0.2) is 24.3 Å². The lowest BCUT2D eigenvalue weighted by Crippen LogP contribution is -2.34. The largest absolute Gasteiger partial charge is 0.481 e. The van der Waals surface area contributed by atoms with Crippen molar-refractivity contribution in [1.29, 1.82) is 0 Å². The second-order valence-corrected chi connectivity index (χ2v) is 7.08. The normalized spacial score (nSPS) is 28.2. The lowest BCUT2D eigenvalue weighted by molar-refractivity contribution is -0.142. The Morgan fingerprint density at radius 2 is 2.05 bits per heavy atom. The Morgan fingerprint density at radius 1 is 1.29 bits per heavy atom. The van der Waals surface area contributed by atoms with Crippen molar-refractivity contribution < 1.29 is 14.7 Å². The summed E-state index contributed by atoms with van der Waals surface area (Å²) in [4.78, 5) is 25.7. The number of carboxylic acid groups (broad SMARTS) is 1. The molecule has 0 aromatic heterocycles. The summed E-state index contributed by atoms with van der Waals surface area (Å²) in [6.45, 7) is 2.80. The van der Waals surface area contributed by atoms with Gasteiger partial charge in [0.25, 0.3) is 0 Å². The summed E-state index contributed by atoms with van der Waals surface area (Å²) in [5.41, 5.74) is 2.35. The lowest BCUT2D eigenvalue weighted by Gasteiger charge is -2.28. The molecule has 1 fully saturated rings. The van der Waals surface area contributed by atoms with Gasteiger partial charge in [0.05, 0.1) is 5.92 Å². The number of carboxylic acids is 1. The van der Waals surface area contributed by atoms with E-state index >= 15 is 0 Å². The number of thioether (sulfide) groups is 1. The van der Waals surface area contributed by atoms with Gasteiger partial charge in [0.15, 0.2) is 0 Å². The van der Waals surface area contributed by atoms with Crippen LogP contribution in [0.25, 0.3) is 0 Å². The van der Waals surface area contributed by atoms with Gasteiger partial charge in [-0.05, 0) is 29.2 Å². The first-order valence-corrected chi connectivity index (χ1v) is 8.34. The maximum absolute atomic E-state index is 12.8. The summed E-state index contributed by atoms with van der Waals surface area (Å²) in [6.07, 6.45) is 0.999. The average Bonchev–Trinajstić information content (AvgIpc) is 2.88. The van der Waals surface area contributed by atoms with Gasteiger partial charge in [-0.3, -0.25) is 9.59 Å². The van der Waals surface area contributed by atoms with Crippen LogP contribution in [0.5, 0.6) is 0 Å². The summed E-state index contributed by atoms with van der Waals surface area (Å²) in [5, 5.41) is 9.04. The number of hydrogen-bond donors (Lipinski definition) is 1. The summed E-state index contributed by atoms with van der Waals surface area (Å²) in [5.74, 6) is -0.190. The fraction of sp³-hybridized carbons (Fsp3) is 0.500. The number of nitrogens with zero attached hydrogens (tertiary/aromatic N) is 1. The highest BCUT2D eigenvalue weighted by Gasteiger charge is 2.40. The van der Waals surface area contributed by atoms with E-state index in [1.807, 2.05) is 25.1 Å². The third-order valence-electron chi connectivity index (χ3n) is 4.46. The predicted molar refractivity (Wildman–Crippen MR) is 82.2 cm³/mol. The first kappa shape index (κ1) is 14.4. The number of rotatable bonds is 2. The van der Waals surface area contributed by atoms with E-state index in [1.165, 1.54) is 5.56 Å². The summed E-state index contributed by atoms with van der Waals surface area (Å²) in [7, 11) is 0. The van der Waals surface area contributed by atoms with E-state index in [-0.39, 0.29) is 17.1 Å². The standard InChI is InChI=1S/C16H19NO3S/c1-10-8-17(9-13(10)16(19)20)15(18)14-12-5-3-2-4-11(12)6-7-21-14/h2-5,10,13-14H,6-9H2,1H3,(H,19,20)/t10-,13-,14?/m1/s1. The van der Waals surface area contributed by atoms with Gasteiger partial charge in [0.2, 0.25) is 5.91 Å². The molecule has 2 aliphatic rings. The van der Waals surface area contributed by atoms with E-state index in [1.54, 1.807) is 16.7 Å². The van der Waals surface area contributed by atoms with E-state index in [0.717, 1.165) is 17.7 Å². The molecule has 5 heteroatoms. The summed E-state index contributed by atoms with van der Waals surface area (Å²) >= 11 is 1.67. The zero-order valence-electron chi connectivity index (χ0n) is 12.0. The monoisotopic (exact) mass is 305 g/mol. The van der Waals surface area contributed by atoms with Gasteiger partial charge in [0.1, 0.15) is 5.25 Å². The second-order valence-electron chi connectivity index (χ2n) is 5.86. The van der Waals surface area contributed by atoms with Gasteiger partial charge in [-0.1, -0.05) is 31.2 Å². The third kappa shape index (κ3) is 2.67.